The van der Waals surface area contributed by atoms with Gasteiger partial charge in [-0.05, 0) is 42.0 Å². The van der Waals surface area contributed by atoms with Crippen molar-refractivity contribution in [1.29, 1.82) is 0 Å². The molecule has 0 amide bonds. The summed E-state index contributed by atoms with van der Waals surface area (Å²) in [5.41, 5.74) is 1.56. The largest absolute Gasteiger partial charge is 0.488 e. The van der Waals surface area contributed by atoms with E-state index >= 15 is 0 Å². The summed E-state index contributed by atoms with van der Waals surface area (Å²) in [6.45, 7) is 2.00. The third-order valence-corrected chi connectivity index (χ3v) is 4.38. The minimum Gasteiger partial charge on any atom is -0.488 e. The molecule has 0 saturated heterocycles. The van der Waals surface area contributed by atoms with E-state index in [1.165, 1.54) is 22.2 Å². The fourth-order valence-corrected chi connectivity index (χ4v) is 3.22. The van der Waals surface area contributed by atoms with Crippen molar-refractivity contribution in [3.8, 4) is 5.75 Å². The summed E-state index contributed by atoms with van der Waals surface area (Å²) < 4.78 is 20.3. The van der Waals surface area contributed by atoms with Crippen molar-refractivity contribution in [3.63, 3.8) is 0 Å². The van der Waals surface area contributed by atoms with E-state index in [0.717, 1.165) is 5.56 Å². The summed E-state index contributed by atoms with van der Waals surface area (Å²) in [7, 11) is 0. The number of aliphatic hydroxyl groups is 1. The Morgan fingerprint density at radius 3 is 2.86 bits per heavy atom. The highest BCUT2D eigenvalue weighted by atomic mass is 32.1. The second-order valence-corrected chi connectivity index (χ2v) is 5.82. The molecule has 3 aromatic rings. The molecule has 0 spiro atoms. The molecule has 0 aliphatic rings. The maximum absolute atomic E-state index is 13.3. The van der Waals surface area contributed by atoms with Gasteiger partial charge in [-0.2, -0.15) is 0 Å². The smallest absolute Gasteiger partial charge is 0.125 e. The molecule has 3 rings (SSSR count). The first-order valence-corrected chi connectivity index (χ1v) is 7.58. The molecular formula is C17H15FO2S. The van der Waals surface area contributed by atoms with Crippen molar-refractivity contribution in [2.45, 2.75) is 19.6 Å². The fourth-order valence-electron chi connectivity index (χ4n) is 2.28. The first kappa shape index (κ1) is 14.0. The van der Waals surface area contributed by atoms with E-state index in [-0.39, 0.29) is 5.82 Å². The van der Waals surface area contributed by atoms with Crippen LogP contribution in [-0.2, 0) is 6.61 Å². The van der Waals surface area contributed by atoms with Gasteiger partial charge in [-0.3, -0.25) is 0 Å². The Morgan fingerprint density at radius 1 is 1.24 bits per heavy atom. The van der Waals surface area contributed by atoms with Gasteiger partial charge >= 0.3 is 0 Å². The van der Waals surface area contributed by atoms with Crippen LogP contribution in [0, 0.1) is 5.82 Å². The van der Waals surface area contributed by atoms with E-state index in [4.69, 9.17) is 4.74 Å². The van der Waals surface area contributed by atoms with Crippen LogP contribution in [0.15, 0.2) is 47.8 Å². The standard InChI is InChI=1S/C17H15FO2S/c1-11(19)15-8-13(18)6-7-16(15)20-9-12-10-21-17-5-3-2-4-14(12)17/h2-8,10-11,19H,9H2,1H3/t11-/m0/s1. The highest BCUT2D eigenvalue weighted by Gasteiger charge is 2.12. The van der Waals surface area contributed by atoms with Crippen molar-refractivity contribution < 1.29 is 14.2 Å². The Labute approximate surface area is 126 Å². The van der Waals surface area contributed by atoms with Crippen LogP contribution in [-0.4, -0.2) is 5.11 Å². The number of aliphatic hydroxyl groups excluding tert-OH is 1. The zero-order valence-corrected chi connectivity index (χ0v) is 12.4. The zero-order chi connectivity index (χ0) is 14.8. The summed E-state index contributed by atoms with van der Waals surface area (Å²) in [5.74, 6) is 0.140. The van der Waals surface area contributed by atoms with Crippen molar-refractivity contribution >= 4 is 21.4 Å². The minimum absolute atomic E-state index is 0.376. The quantitative estimate of drug-likeness (QED) is 0.758. The predicted octanol–water partition coefficient (Wildman–Crippen LogP) is 4.67. The number of halogens is 1. The van der Waals surface area contributed by atoms with E-state index in [9.17, 15) is 9.50 Å². The van der Waals surface area contributed by atoms with Gasteiger partial charge in [0.1, 0.15) is 18.2 Å². The van der Waals surface area contributed by atoms with Gasteiger partial charge in [0, 0.05) is 15.8 Å². The second kappa shape index (κ2) is 5.84. The molecular weight excluding hydrogens is 287 g/mol. The SMILES string of the molecule is C[C@H](O)c1cc(F)ccc1OCc1csc2ccccc12. The average molecular weight is 302 g/mol. The second-order valence-electron chi connectivity index (χ2n) is 4.90. The molecule has 2 nitrogen and oxygen atoms in total. The van der Waals surface area contributed by atoms with Gasteiger partial charge < -0.3 is 9.84 Å². The zero-order valence-electron chi connectivity index (χ0n) is 11.5. The minimum atomic E-state index is -0.769. The van der Waals surface area contributed by atoms with Crippen molar-refractivity contribution in [1.82, 2.24) is 0 Å². The molecule has 1 heterocycles. The highest BCUT2D eigenvalue weighted by molar-refractivity contribution is 7.17. The molecule has 108 valence electrons. The van der Waals surface area contributed by atoms with Crippen LogP contribution in [0.4, 0.5) is 4.39 Å². The summed E-state index contributed by atoms with van der Waals surface area (Å²) in [4.78, 5) is 0. The third kappa shape index (κ3) is 2.91. The molecule has 1 N–H and O–H groups in total. The van der Waals surface area contributed by atoms with Crippen LogP contribution < -0.4 is 4.74 Å². The number of fused-ring (bicyclic) bond motifs is 1. The molecule has 0 aliphatic carbocycles. The molecule has 4 heteroatoms. The molecule has 0 aliphatic heterocycles. The first-order chi connectivity index (χ1) is 10.1. The number of rotatable bonds is 4. The molecule has 2 aromatic carbocycles. The fraction of sp³-hybridized carbons (Fsp3) is 0.176. The number of thiophene rings is 1. The summed E-state index contributed by atoms with van der Waals surface area (Å²) >= 11 is 1.67. The molecule has 0 saturated carbocycles. The van der Waals surface area contributed by atoms with Gasteiger partial charge in [-0.15, -0.1) is 11.3 Å². The number of benzene rings is 2. The van der Waals surface area contributed by atoms with Gasteiger partial charge in [-0.25, -0.2) is 4.39 Å². The molecule has 1 atom stereocenters. The van der Waals surface area contributed by atoms with Crippen LogP contribution in [0.3, 0.4) is 0 Å². The molecule has 0 bridgehead atoms. The number of hydrogen-bond donors (Lipinski definition) is 1. The lowest BCUT2D eigenvalue weighted by Gasteiger charge is -2.13. The maximum Gasteiger partial charge on any atom is 0.125 e. The van der Waals surface area contributed by atoms with E-state index in [2.05, 4.69) is 17.5 Å². The Bertz CT molecular complexity index is 764. The van der Waals surface area contributed by atoms with Crippen LogP contribution in [0.2, 0.25) is 0 Å². The van der Waals surface area contributed by atoms with Gasteiger partial charge in [0.25, 0.3) is 0 Å². The Kier molecular flexibility index (Phi) is 3.90. The summed E-state index contributed by atoms with van der Waals surface area (Å²) in [5, 5.41) is 12.9. The van der Waals surface area contributed by atoms with Crippen molar-refractivity contribution in [2.75, 3.05) is 0 Å². The molecule has 21 heavy (non-hydrogen) atoms. The molecule has 0 radical (unpaired) electrons. The Hall–Kier alpha value is -1.91. The van der Waals surface area contributed by atoms with Crippen LogP contribution >= 0.6 is 11.3 Å². The van der Waals surface area contributed by atoms with Crippen molar-refractivity contribution in [2.24, 2.45) is 0 Å². The molecule has 1 aromatic heterocycles. The summed E-state index contributed by atoms with van der Waals surface area (Å²) in [6.07, 6.45) is -0.769. The monoisotopic (exact) mass is 302 g/mol. The van der Waals surface area contributed by atoms with E-state index in [1.54, 1.807) is 24.3 Å². The predicted molar refractivity (Wildman–Crippen MR) is 83.2 cm³/mol. The van der Waals surface area contributed by atoms with Gasteiger partial charge in [0.2, 0.25) is 0 Å². The van der Waals surface area contributed by atoms with E-state index < -0.39 is 6.10 Å². The van der Waals surface area contributed by atoms with Crippen LogP contribution in [0.25, 0.3) is 10.1 Å². The highest BCUT2D eigenvalue weighted by Crippen LogP contribution is 2.29. The van der Waals surface area contributed by atoms with E-state index in [1.807, 2.05) is 12.1 Å². The van der Waals surface area contributed by atoms with Crippen molar-refractivity contribution in [3.05, 3.63) is 64.8 Å². The maximum atomic E-state index is 13.3. The Balaban J connectivity index is 1.85. The van der Waals surface area contributed by atoms with Gasteiger partial charge in [0.15, 0.2) is 0 Å². The Morgan fingerprint density at radius 2 is 2.05 bits per heavy atom. The van der Waals surface area contributed by atoms with Crippen LogP contribution in [0.5, 0.6) is 5.75 Å². The lowest BCUT2D eigenvalue weighted by atomic mass is 10.1. The number of ether oxygens (including phenoxy) is 1. The topological polar surface area (TPSA) is 29.5 Å². The average Bonchev–Trinajstić information content (AvgIpc) is 2.89. The van der Waals surface area contributed by atoms with Gasteiger partial charge in [-0.1, -0.05) is 18.2 Å². The first-order valence-electron chi connectivity index (χ1n) is 6.70. The van der Waals surface area contributed by atoms with Gasteiger partial charge in [0.05, 0.1) is 6.10 Å². The van der Waals surface area contributed by atoms with E-state index in [0.29, 0.717) is 17.9 Å². The van der Waals surface area contributed by atoms with Crippen LogP contribution in [0.1, 0.15) is 24.2 Å². The lowest BCUT2D eigenvalue weighted by Crippen LogP contribution is -2.01. The number of hydrogen-bond acceptors (Lipinski definition) is 3. The normalized spacial score (nSPS) is 12.5. The molecule has 0 fully saturated rings. The third-order valence-electron chi connectivity index (χ3n) is 3.37. The lowest BCUT2D eigenvalue weighted by molar-refractivity contribution is 0.189. The summed E-state index contributed by atoms with van der Waals surface area (Å²) in [6, 6.07) is 12.4. The molecule has 0 unspecified atom stereocenters.